The maximum absolute atomic E-state index is 12.2. The molecule has 0 heterocycles. The second-order valence-corrected chi connectivity index (χ2v) is 7.11. The van der Waals surface area contributed by atoms with Crippen LogP contribution in [-0.2, 0) is 11.3 Å². The largest absolute Gasteiger partial charge is 0.483 e. The van der Waals surface area contributed by atoms with E-state index in [1.807, 2.05) is 68.4 Å². The number of aryl methyl sites for hydroxylation is 2. The van der Waals surface area contributed by atoms with E-state index in [1.165, 1.54) is 5.56 Å². The van der Waals surface area contributed by atoms with Crippen LogP contribution in [0.3, 0.4) is 0 Å². The first-order chi connectivity index (χ1) is 13.5. The quantitative estimate of drug-likeness (QED) is 0.549. The van der Waals surface area contributed by atoms with Crippen LogP contribution >= 0.6 is 11.6 Å². The van der Waals surface area contributed by atoms with Crippen molar-refractivity contribution in [3.05, 3.63) is 88.4 Å². The molecule has 3 rings (SSSR count). The van der Waals surface area contributed by atoms with Crippen LogP contribution in [-0.4, -0.2) is 12.5 Å². The fourth-order valence-corrected chi connectivity index (χ4v) is 2.87. The highest BCUT2D eigenvalue weighted by Crippen LogP contribution is 2.24. The Hall–Kier alpha value is -2.98. The fourth-order valence-electron chi connectivity index (χ4n) is 2.67. The molecule has 0 aliphatic carbocycles. The topological polar surface area (TPSA) is 50.4 Å². The van der Waals surface area contributed by atoms with Gasteiger partial charge in [-0.15, -0.1) is 0 Å². The highest BCUT2D eigenvalue weighted by molar-refractivity contribution is 6.30. The lowest BCUT2D eigenvalue weighted by molar-refractivity contribution is -0.118. The van der Waals surface area contributed by atoms with E-state index in [4.69, 9.17) is 16.3 Å². The minimum atomic E-state index is -0.212. The van der Waals surface area contributed by atoms with Crippen LogP contribution in [0.2, 0.25) is 5.02 Å². The van der Waals surface area contributed by atoms with Crippen molar-refractivity contribution in [2.45, 2.75) is 20.4 Å². The Morgan fingerprint density at radius 3 is 2.14 bits per heavy atom. The van der Waals surface area contributed by atoms with Gasteiger partial charge < -0.3 is 15.4 Å². The predicted molar refractivity (Wildman–Crippen MR) is 115 cm³/mol. The molecule has 0 bridgehead atoms. The molecule has 0 radical (unpaired) electrons. The molecule has 0 aromatic heterocycles. The Morgan fingerprint density at radius 2 is 1.50 bits per heavy atom. The number of halogens is 1. The first-order valence-corrected chi connectivity index (χ1v) is 9.46. The second kappa shape index (κ2) is 9.29. The highest BCUT2D eigenvalue weighted by Gasteiger charge is 2.09. The number of anilines is 2. The van der Waals surface area contributed by atoms with Crippen LogP contribution in [0.5, 0.6) is 5.75 Å². The number of nitrogens with one attached hydrogen (secondary N) is 2. The molecule has 0 unspecified atom stereocenters. The third-order valence-electron chi connectivity index (χ3n) is 4.25. The summed E-state index contributed by atoms with van der Waals surface area (Å²) in [5.41, 5.74) is 4.99. The first kappa shape index (κ1) is 19.8. The van der Waals surface area contributed by atoms with Gasteiger partial charge in [-0.05, 0) is 56.3 Å². The maximum Gasteiger partial charge on any atom is 0.262 e. The van der Waals surface area contributed by atoms with Gasteiger partial charge in [0.25, 0.3) is 5.91 Å². The molecular weight excluding hydrogens is 372 g/mol. The van der Waals surface area contributed by atoms with E-state index in [0.29, 0.717) is 17.3 Å². The summed E-state index contributed by atoms with van der Waals surface area (Å²) in [7, 11) is 0. The Bertz CT molecular complexity index is 938. The molecule has 0 spiro atoms. The standard InChI is InChI=1S/C23H23ClN2O2/c1-16-3-8-20(9-4-16)25-14-18-13-19(24)7-12-22(18)28-15-23(27)26-21-10-5-17(2)6-11-21/h3-13,25H,14-15H2,1-2H3,(H,26,27). The number of ether oxygens (including phenoxy) is 1. The van der Waals surface area contributed by atoms with Crippen molar-refractivity contribution in [1.29, 1.82) is 0 Å². The van der Waals surface area contributed by atoms with Crippen molar-refractivity contribution in [3.63, 3.8) is 0 Å². The number of benzene rings is 3. The van der Waals surface area contributed by atoms with Crippen molar-refractivity contribution in [3.8, 4) is 5.75 Å². The van der Waals surface area contributed by atoms with Crippen molar-refractivity contribution in [1.82, 2.24) is 0 Å². The fraction of sp³-hybridized carbons (Fsp3) is 0.174. The van der Waals surface area contributed by atoms with E-state index >= 15 is 0 Å². The molecule has 5 heteroatoms. The van der Waals surface area contributed by atoms with Gasteiger partial charge in [-0.3, -0.25) is 4.79 Å². The summed E-state index contributed by atoms with van der Waals surface area (Å²) in [6, 6.07) is 21.2. The van der Waals surface area contributed by atoms with Gasteiger partial charge in [-0.1, -0.05) is 47.0 Å². The summed E-state index contributed by atoms with van der Waals surface area (Å²) >= 11 is 6.14. The summed E-state index contributed by atoms with van der Waals surface area (Å²) in [6.07, 6.45) is 0. The lowest BCUT2D eigenvalue weighted by Crippen LogP contribution is -2.20. The minimum Gasteiger partial charge on any atom is -0.483 e. The molecule has 0 aliphatic rings. The first-order valence-electron chi connectivity index (χ1n) is 9.08. The summed E-state index contributed by atoms with van der Waals surface area (Å²) in [4.78, 5) is 12.2. The molecule has 2 N–H and O–H groups in total. The van der Waals surface area contributed by atoms with Crippen molar-refractivity contribution in [2.75, 3.05) is 17.2 Å². The number of carbonyl (C=O) groups is 1. The average Bonchev–Trinajstić information content (AvgIpc) is 2.68. The summed E-state index contributed by atoms with van der Waals surface area (Å²) in [5, 5.41) is 6.80. The Labute approximate surface area is 170 Å². The molecule has 3 aromatic carbocycles. The molecule has 28 heavy (non-hydrogen) atoms. The van der Waals surface area contributed by atoms with Crippen LogP contribution < -0.4 is 15.4 Å². The zero-order chi connectivity index (χ0) is 19.9. The molecule has 144 valence electrons. The zero-order valence-electron chi connectivity index (χ0n) is 16.0. The number of hydrogen-bond donors (Lipinski definition) is 2. The molecule has 0 saturated carbocycles. The van der Waals surface area contributed by atoms with E-state index in [0.717, 1.165) is 22.5 Å². The van der Waals surface area contributed by atoms with Gasteiger partial charge in [0.1, 0.15) is 5.75 Å². The van der Waals surface area contributed by atoms with E-state index in [2.05, 4.69) is 10.6 Å². The second-order valence-electron chi connectivity index (χ2n) is 6.67. The Kier molecular flexibility index (Phi) is 6.56. The predicted octanol–water partition coefficient (Wildman–Crippen LogP) is 5.59. The number of carbonyl (C=O) groups excluding carboxylic acids is 1. The third-order valence-corrected chi connectivity index (χ3v) is 4.49. The lowest BCUT2D eigenvalue weighted by atomic mass is 10.2. The number of rotatable bonds is 7. The number of amides is 1. The van der Waals surface area contributed by atoms with Gasteiger partial charge in [0, 0.05) is 28.5 Å². The number of hydrogen-bond acceptors (Lipinski definition) is 3. The monoisotopic (exact) mass is 394 g/mol. The van der Waals surface area contributed by atoms with Gasteiger partial charge in [0.05, 0.1) is 0 Å². The van der Waals surface area contributed by atoms with Crippen LogP contribution in [0.15, 0.2) is 66.7 Å². The molecular formula is C23H23ClN2O2. The average molecular weight is 395 g/mol. The molecule has 4 nitrogen and oxygen atoms in total. The molecule has 0 fully saturated rings. The Morgan fingerprint density at radius 1 is 0.893 bits per heavy atom. The van der Waals surface area contributed by atoms with Gasteiger partial charge in [0.2, 0.25) is 0 Å². The van der Waals surface area contributed by atoms with Gasteiger partial charge in [-0.25, -0.2) is 0 Å². The maximum atomic E-state index is 12.2. The van der Waals surface area contributed by atoms with Gasteiger partial charge >= 0.3 is 0 Å². The lowest BCUT2D eigenvalue weighted by Gasteiger charge is -2.14. The van der Waals surface area contributed by atoms with Crippen molar-refractivity contribution in [2.24, 2.45) is 0 Å². The van der Waals surface area contributed by atoms with Gasteiger partial charge in [-0.2, -0.15) is 0 Å². The van der Waals surface area contributed by atoms with Crippen molar-refractivity contribution < 1.29 is 9.53 Å². The Balaban J connectivity index is 1.60. The third kappa shape index (κ3) is 5.76. The molecule has 3 aromatic rings. The van der Waals surface area contributed by atoms with E-state index < -0.39 is 0 Å². The van der Waals surface area contributed by atoms with Gasteiger partial charge in [0.15, 0.2) is 6.61 Å². The van der Waals surface area contributed by atoms with E-state index in [9.17, 15) is 4.79 Å². The SMILES string of the molecule is Cc1ccc(NCc2cc(Cl)ccc2OCC(=O)Nc2ccc(C)cc2)cc1. The van der Waals surface area contributed by atoms with Crippen LogP contribution in [0.25, 0.3) is 0 Å². The molecule has 1 amide bonds. The van der Waals surface area contributed by atoms with E-state index in [1.54, 1.807) is 12.1 Å². The smallest absolute Gasteiger partial charge is 0.262 e. The summed E-state index contributed by atoms with van der Waals surface area (Å²) in [5.74, 6) is 0.416. The zero-order valence-corrected chi connectivity index (χ0v) is 16.7. The molecule has 0 atom stereocenters. The summed E-state index contributed by atoms with van der Waals surface area (Å²) < 4.78 is 5.75. The van der Waals surface area contributed by atoms with Crippen LogP contribution in [0.1, 0.15) is 16.7 Å². The van der Waals surface area contributed by atoms with Crippen LogP contribution in [0.4, 0.5) is 11.4 Å². The van der Waals surface area contributed by atoms with Crippen LogP contribution in [0, 0.1) is 13.8 Å². The van der Waals surface area contributed by atoms with Crippen molar-refractivity contribution >= 4 is 28.9 Å². The molecule has 0 saturated heterocycles. The minimum absolute atomic E-state index is 0.0763. The molecule has 0 aliphatic heterocycles. The summed E-state index contributed by atoms with van der Waals surface area (Å²) in [6.45, 7) is 4.52. The highest BCUT2D eigenvalue weighted by atomic mass is 35.5. The van der Waals surface area contributed by atoms with E-state index in [-0.39, 0.29) is 12.5 Å². The normalized spacial score (nSPS) is 10.4.